The monoisotopic (exact) mass is 418 g/mol. The second-order valence-corrected chi connectivity index (χ2v) is 7.84. The lowest BCUT2D eigenvalue weighted by Gasteiger charge is -2.32. The molecular formula is C24H26N4O3. The SMILES string of the molecule is Cc1noc(-c2ccc(C(=O)N3CCC(NC(=O)CCc4ccccc4)CC3)cc2)n1. The van der Waals surface area contributed by atoms with E-state index in [2.05, 4.69) is 15.5 Å². The van der Waals surface area contributed by atoms with Crippen LogP contribution in [0.5, 0.6) is 0 Å². The van der Waals surface area contributed by atoms with E-state index in [4.69, 9.17) is 4.52 Å². The van der Waals surface area contributed by atoms with Gasteiger partial charge in [-0.05, 0) is 56.0 Å². The van der Waals surface area contributed by atoms with Gasteiger partial charge in [0, 0.05) is 36.7 Å². The fourth-order valence-corrected chi connectivity index (χ4v) is 3.78. The molecule has 31 heavy (non-hydrogen) atoms. The average Bonchev–Trinajstić information content (AvgIpc) is 3.25. The van der Waals surface area contributed by atoms with Crippen LogP contribution < -0.4 is 5.32 Å². The molecule has 1 saturated heterocycles. The maximum atomic E-state index is 12.8. The maximum Gasteiger partial charge on any atom is 0.257 e. The molecule has 1 aliphatic heterocycles. The Morgan fingerprint density at radius 3 is 2.42 bits per heavy atom. The Hall–Kier alpha value is -3.48. The van der Waals surface area contributed by atoms with E-state index in [9.17, 15) is 9.59 Å². The smallest absolute Gasteiger partial charge is 0.257 e. The van der Waals surface area contributed by atoms with Crippen LogP contribution in [0.4, 0.5) is 0 Å². The fourth-order valence-electron chi connectivity index (χ4n) is 3.78. The molecule has 4 rings (SSSR count). The van der Waals surface area contributed by atoms with Gasteiger partial charge in [-0.25, -0.2) is 0 Å². The second kappa shape index (κ2) is 9.55. The van der Waals surface area contributed by atoms with Crippen LogP contribution in [0.15, 0.2) is 59.1 Å². The highest BCUT2D eigenvalue weighted by molar-refractivity contribution is 5.94. The van der Waals surface area contributed by atoms with E-state index in [0.717, 1.165) is 24.8 Å². The van der Waals surface area contributed by atoms with Gasteiger partial charge < -0.3 is 14.7 Å². The largest absolute Gasteiger partial charge is 0.353 e. The summed E-state index contributed by atoms with van der Waals surface area (Å²) in [4.78, 5) is 31.1. The first kappa shape index (κ1) is 20.8. The lowest BCUT2D eigenvalue weighted by molar-refractivity contribution is -0.122. The number of aryl methyl sites for hydroxylation is 2. The minimum atomic E-state index is 0.00196. The molecule has 0 radical (unpaired) electrons. The van der Waals surface area contributed by atoms with Crippen LogP contribution in [-0.4, -0.2) is 46.0 Å². The van der Waals surface area contributed by atoms with Crippen molar-refractivity contribution in [3.63, 3.8) is 0 Å². The molecule has 2 amide bonds. The molecule has 0 bridgehead atoms. The summed E-state index contributed by atoms with van der Waals surface area (Å²) in [7, 11) is 0. The number of amides is 2. The summed E-state index contributed by atoms with van der Waals surface area (Å²) in [6.45, 7) is 3.03. The Kier molecular flexibility index (Phi) is 6.40. The van der Waals surface area contributed by atoms with Crippen LogP contribution in [-0.2, 0) is 11.2 Å². The van der Waals surface area contributed by atoms with Crippen molar-refractivity contribution >= 4 is 11.8 Å². The predicted molar refractivity (Wildman–Crippen MR) is 116 cm³/mol. The standard InChI is InChI=1S/C24H26N4O3/c1-17-25-23(31-27-17)19-8-10-20(11-9-19)24(30)28-15-13-21(14-16-28)26-22(29)12-7-18-5-3-2-4-6-18/h2-6,8-11,21H,7,12-16H2,1H3,(H,26,29). The predicted octanol–water partition coefficient (Wildman–Crippen LogP) is 3.40. The molecule has 0 atom stereocenters. The zero-order chi connectivity index (χ0) is 21.6. The topological polar surface area (TPSA) is 88.3 Å². The molecule has 1 fully saturated rings. The van der Waals surface area contributed by atoms with E-state index >= 15 is 0 Å². The number of nitrogens with one attached hydrogen (secondary N) is 1. The van der Waals surface area contributed by atoms with Crippen LogP contribution >= 0.6 is 0 Å². The van der Waals surface area contributed by atoms with Crippen LogP contribution in [0.1, 0.15) is 41.0 Å². The van der Waals surface area contributed by atoms with Gasteiger partial charge in [-0.3, -0.25) is 9.59 Å². The van der Waals surface area contributed by atoms with Crippen molar-refractivity contribution in [2.75, 3.05) is 13.1 Å². The Balaban J connectivity index is 1.24. The summed E-state index contributed by atoms with van der Waals surface area (Å²) in [6.07, 6.45) is 2.75. The molecule has 160 valence electrons. The van der Waals surface area contributed by atoms with Crippen molar-refractivity contribution in [2.24, 2.45) is 0 Å². The van der Waals surface area contributed by atoms with Gasteiger partial charge in [-0.2, -0.15) is 4.98 Å². The van der Waals surface area contributed by atoms with Gasteiger partial charge in [0.1, 0.15) is 0 Å². The zero-order valence-electron chi connectivity index (χ0n) is 17.6. The van der Waals surface area contributed by atoms with Gasteiger partial charge >= 0.3 is 0 Å². The summed E-state index contributed by atoms with van der Waals surface area (Å²) in [5.74, 6) is 1.09. The van der Waals surface area contributed by atoms with Gasteiger partial charge in [-0.15, -0.1) is 0 Å². The molecular weight excluding hydrogens is 392 g/mol. The molecule has 1 N–H and O–H groups in total. The lowest BCUT2D eigenvalue weighted by Crippen LogP contribution is -2.46. The van der Waals surface area contributed by atoms with Crippen molar-refractivity contribution in [2.45, 2.75) is 38.6 Å². The van der Waals surface area contributed by atoms with Crippen LogP contribution in [0, 0.1) is 6.92 Å². The Bertz CT molecular complexity index is 1020. The highest BCUT2D eigenvalue weighted by Gasteiger charge is 2.24. The van der Waals surface area contributed by atoms with Gasteiger partial charge in [-0.1, -0.05) is 35.5 Å². The van der Waals surface area contributed by atoms with Gasteiger partial charge in [0.05, 0.1) is 0 Å². The van der Waals surface area contributed by atoms with Crippen LogP contribution in [0.2, 0.25) is 0 Å². The number of piperidine rings is 1. The van der Waals surface area contributed by atoms with Crippen LogP contribution in [0.3, 0.4) is 0 Å². The first-order chi connectivity index (χ1) is 15.1. The molecule has 0 spiro atoms. The van der Waals surface area contributed by atoms with Gasteiger partial charge in [0.2, 0.25) is 5.91 Å². The summed E-state index contributed by atoms with van der Waals surface area (Å²) < 4.78 is 5.16. The van der Waals surface area contributed by atoms with Crippen LogP contribution in [0.25, 0.3) is 11.5 Å². The maximum absolute atomic E-state index is 12.8. The number of likely N-dealkylation sites (tertiary alicyclic amines) is 1. The number of carbonyl (C=O) groups is 2. The summed E-state index contributed by atoms with van der Waals surface area (Å²) in [5.41, 5.74) is 2.58. The molecule has 0 unspecified atom stereocenters. The number of hydrogen-bond donors (Lipinski definition) is 1. The number of aromatic nitrogens is 2. The molecule has 2 heterocycles. The molecule has 0 aliphatic carbocycles. The molecule has 3 aromatic rings. The van der Waals surface area contributed by atoms with Gasteiger partial charge in [0.15, 0.2) is 5.82 Å². The first-order valence-corrected chi connectivity index (χ1v) is 10.6. The van der Waals surface area contributed by atoms with E-state index in [1.165, 1.54) is 5.56 Å². The van der Waals surface area contributed by atoms with E-state index in [1.54, 1.807) is 19.1 Å². The van der Waals surface area contributed by atoms with E-state index in [-0.39, 0.29) is 17.9 Å². The second-order valence-electron chi connectivity index (χ2n) is 7.84. The number of rotatable bonds is 6. The third kappa shape index (κ3) is 5.36. The average molecular weight is 418 g/mol. The summed E-state index contributed by atoms with van der Waals surface area (Å²) in [6, 6.07) is 17.3. The molecule has 1 aliphatic rings. The Labute approximate surface area is 181 Å². The molecule has 0 saturated carbocycles. The zero-order valence-corrected chi connectivity index (χ0v) is 17.6. The van der Waals surface area contributed by atoms with Crippen molar-refractivity contribution in [3.05, 3.63) is 71.5 Å². The van der Waals surface area contributed by atoms with Crippen molar-refractivity contribution in [3.8, 4) is 11.5 Å². The van der Waals surface area contributed by atoms with Crippen molar-refractivity contribution < 1.29 is 14.1 Å². The number of hydrogen-bond acceptors (Lipinski definition) is 5. The minimum absolute atomic E-state index is 0.00196. The van der Waals surface area contributed by atoms with Crippen molar-refractivity contribution in [1.82, 2.24) is 20.4 Å². The third-order valence-corrected chi connectivity index (χ3v) is 5.54. The first-order valence-electron chi connectivity index (χ1n) is 10.6. The third-order valence-electron chi connectivity index (χ3n) is 5.54. The molecule has 7 heteroatoms. The minimum Gasteiger partial charge on any atom is -0.353 e. The summed E-state index contributed by atoms with van der Waals surface area (Å²) >= 11 is 0. The fraction of sp³-hybridized carbons (Fsp3) is 0.333. The van der Waals surface area contributed by atoms with E-state index in [1.807, 2.05) is 47.4 Å². The lowest BCUT2D eigenvalue weighted by atomic mass is 10.0. The molecule has 1 aromatic heterocycles. The normalized spacial score (nSPS) is 14.4. The summed E-state index contributed by atoms with van der Waals surface area (Å²) in [5, 5.41) is 6.90. The van der Waals surface area contributed by atoms with Crippen molar-refractivity contribution in [1.29, 1.82) is 0 Å². The van der Waals surface area contributed by atoms with E-state index in [0.29, 0.717) is 36.8 Å². The Morgan fingerprint density at radius 1 is 1.06 bits per heavy atom. The quantitative estimate of drug-likeness (QED) is 0.663. The highest BCUT2D eigenvalue weighted by atomic mass is 16.5. The highest BCUT2D eigenvalue weighted by Crippen LogP contribution is 2.20. The van der Waals surface area contributed by atoms with E-state index < -0.39 is 0 Å². The van der Waals surface area contributed by atoms with Gasteiger partial charge in [0.25, 0.3) is 11.8 Å². The molecule has 7 nitrogen and oxygen atoms in total. The molecule has 2 aromatic carbocycles. The number of carbonyl (C=O) groups excluding carboxylic acids is 2. The Morgan fingerprint density at radius 2 is 1.77 bits per heavy atom. The number of benzene rings is 2. The number of nitrogens with zero attached hydrogens (tertiary/aromatic N) is 3.